The van der Waals surface area contributed by atoms with Crippen LogP contribution in [0.5, 0.6) is 0 Å². The van der Waals surface area contributed by atoms with Gasteiger partial charge in [0.25, 0.3) is 5.56 Å². The Hall–Kier alpha value is -2.47. The number of hydrogen-bond acceptors (Lipinski definition) is 4. The van der Waals surface area contributed by atoms with Crippen molar-refractivity contribution < 1.29 is 4.79 Å². The number of aromatic nitrogens is 2. The number of aryl methyl sites for hydroxylation is 2. The van der Waals surface area contributed by atoms with Crippen LogP contribution in [0.25, 0.3) is 0 Å². The number of carbonyl (C=O) groups is 1. The predicted octanol–water partition coefficient (Wildman–Crippen LogP) is 2.58. The average Bonchev–Trinajstić information content (AvgIpc) is 2.65. The molecule has 0 fully saturated rings. The third-order valence-corrected chi connectivity index (χ3v) is 5.42. The summed E-state index contributed by atoms with van der Waals surface area (Å²) in [6.45, 7) is 11.1. The quantitative estimate of drug-likeness (QED) is 0.781. The van der Waals surface area contributed by atoms with Crippen molar-refractivity contribution in [2.45, 2.75) is 60.2 Å². The van der Waals surface area contributed by atoms with E-state index in [2.05, 4.69) is 60.2 Å². The van der Waals surface area contributed by atoms with Crippen LogP contribution in [0.4, 0.5) is 0 Å². The van der Waals surface area contributed by atoms with Crippen LogP contribution in [0.2, 0.25) is 0 Å². The van der Waals surface area contributed by atoms with Gasteiger partial charge in [-0.2, -0.15) is 0 Å². The van der Waals surface area contributed by atoms with Gasteiger partial charge in [-0.1, -0.05) is 43.7 Å². The summed E-state index contributed by atoms with van der Waals surface area (Å²) >= 11 is 0. The van der Waals surface area contributed by atoms with Gasteiger partial charge in [0.15, 0.2) is 0 Å². The zero-order valence-corrected chi connectivity index (χ0v) is 18.0. The van der Waals surface area contributed by atoms with Crippen LogP contribution >= 0.6 is 0 Å². The molecule has 156 valence electrons. The van der Waals surface area contributed by atoms with Crippen molar-refractivity contribution in [3.05, 3.63) is 62.8 Å². The fraction of sp³-hybridized carbons (Fsp3) is 0.522. The monoisotopic (exact) mass is 396 g/mol. The largest absolute Gasteiger partial charge is 0.355 e. The van der Waals surface area contributed by atoms with Crippen molar-refractivity contribution >= 4 is 5.91 Å². The number of rotatable bonds is 7. The van der Waals surface area contributed by atoms with Gasteiger partial charge in [-0.25, -0.2) is 4.98 Å². The highest BCUT2D eigenvalue weighted by Gasteiger charge is 2.23. The number of benzene rings is 1. The molecule has 1 aliphatic heterocycles. The fourth-order valence-corrected chi connectivity index (χ4v) is 3.78. The molecule has 1 aromatic carbocycles. The minimum absolute atomic E-state index is 0.0287. The summed E-state index contributed by atoms with van der Waals surface area (Å²) in [4.78, 5) is 32.3. The molecule has 1 N–H and O–H groups in total. The van der Waals surface area contributed by atoms with E-state index in [9.17, 15) is 9.59 Å². The topological polar surface area (TPSA) is 67.2 Å². The van der Waals surface area contributed by atoms with Crippen molar-refractivity contribution in [3.8, 4) is 0 Å². The molecule has 29 heavy (non-hydrogen) atoms. The molecule has 0 spiro atoms. The molecule has 0 saturated carbocycles. The van der Waals surface area contributed by atoms with Gasteiger partial charge in [0.05, 0.1) is 11.3 Å². The van der Waals surface area contributed by atoms with E-state index in [1.807, 2.05) is 6.92 Å². The van der Waals surface area contributed by atoms with E-state index in [1.54, 1.807) is 0 Å². The Morgan fingerprint density at radius 2 is 2.07 bits per heavy atom. The van der Waals surface area contributed by atoms with E-state index in [4.69, 9.17) is 0 Å². The van der Waals surface area contributed by atoms with Crippen molar-refractivity contribution in [2.75, 3.05) is 13.1 Å². The summed E-state index contributed by atoms with van der Waals surface area (Å²) in [5.41, 5.74) is 4.01. The van der Waals surface area contributed by atoms with E-state index in [-0.39, 0.29) is 18.0 Å². The first-order valence-electron chi connectivity index (χ1n) is 10.5. The molecule has 0 radical (unpaired) electrons. The van der Waals surface area contributed by atoms with Gasteiger partial charge in [-0.3, -0.25) is 19.1 Å². The number of carbonyl (C=O) groups excluding carboxylic acids is 1. The summed E-state index contributed by atoms with van der Waals surface area (Å²) in [7, 11) is 0. The van der Waals surface area contributed by atoms with Crippen LogP contribution in [0.3, 0.4) is 0 Å². The Bertz CT molecular complexity index is 933. The molecular formula is C23H32N4O2. The Labute approximate surface area is 173 Å². The molecule has 1 amide bonds. The molecule has 0 aliphatic carbocycles. The van der Waals surface area contributed by atoms with E-state index >= 15 is 0 Å². The molecular weight excluding hydrogens is 364 g/mol. The Morgan fingerprint density at radius 3 is 2.79 bits per heavy atom. The van der Waals surface area contributed by atoms with Crippen molar-refractivity contribution in [3.63, 3.8) is 0 Å². The Kier molecular flexibility index (Phi) is 6.85. The van der Waals surface area contributed by atoms with Crippen LogP contribution in [0.1, 0.15) is 48.5 Å². The van der Waals surface area contributed by atoms with E-state index in [0.717, 1.165) is 37.2 Å². The lowest BCUT2D eigenvalue weighted by molar-refractivity contribution is -0.121. The van der Waals surface area contributed by atoms with Gasteiger partial charge >= 0.3 is 0 Å². The van der Waals surface area contributed by atoms with Crippen LogP contribution in [-0.2, 0) is 30.8 Å². The van der Waals surface area contributed by atoms with Crippen LogP contribution in [0.15, 0.2) is 29.1 Å². The second kappa shape index (κ2) is 9.35. The molecule has 6 heteroatoms. The first-order chi connectivity index (χ1) is 13.8. The molecule has 0 atom stereocenters. The van der Waals surface area contributed by atoms with Crippen LogP contribution in [-0.4, -0.2) is 33.4 Å². The van der Waals surface area contributed by atoms with E-state index in [1.165, 1.54) is 15.7 Å². The molecule has 2 heterocycles. The first kappa shape index (κ1) is 21.2. The highest BCUT2D eigenvalue weighted by molar-refractivity contribution is 5.75. The summed E-state index contributed by atoms with van der Waals surface area (Å²) in [5, 5.41) is 2.91. The highest BCUT2D eigenvalue weighted by Crippen LogP contribution is 2.17. The molecule has 0 unspecified atom stereocenters. The molecule has 1 aliphatic rings. The number of nitrogens with zero attached hydrogens (tertiary/aromatic N) is 3. The zero-order chi connectivity index (χ0) is 21.0. The SMILES string of the molecule is Cc1cccc(CN2CCc3nc(C)n(CC(=O)NCCC(C)C)c(=O)c3C2)c1. The average molecular weight is 397 g/mol. The van der Waals surface area contributed by atoms with Gasteiger partial charge in [-0.05, 0) is 31.7 Å². The van der Waals surface area contributed by atoms with E-state index < -0.39 is 0 Å². The molecule has 1 aromatic heterocycles. The van der Waals surface area contributed by atoms with Crippen molar-refractivity contribution in [2.24, 2.45) is 5.92 Å². The van der Waals surface area contributed by atoms with Crippen LogP contribution < -0.4 is 10.9 Å². The lowest BCUT2D eigenvalue weighted by atomic mass is 10.0. The fourth-order valence-electron chi connectivity index (χ4n) is 3.78. The van der Waals surface area contributed by atoms with Gasteiger partial charge in [-0.15, -0.1) is 0 Å². The normalized spacial score (nSPS) is 14.1. The summed E-state index contributed by atoms with van der Waals surface area (Å²) in [5.74, 6) is 1.01. The maximum Gasteiger partial charge on any atom is 0.258 e. The molecule has 3 rings (SSSR count). The van der Waals surface area contributed by atoms with E-state index in [0.29, 0.717) is 24.8 Å². The van der Waals surface area contributed by atoms with Gasteiger partial charge < -0.3 is 5.32 Å². The third kappa shape index (κ3) is 5.54. The zero-order valence-electron chi connectivity index (χ0n) is 18.0. The third-order valence-electron chi connectivity index (χ3n) is 5.42. The molecule has 2 aromatic rings. The standard InChI is InChI=1S/C23H32N4O2/c1-16(2)8-10-24-22(28)15-27-18(4)25-21-9-11-26(14-20(21)23(27)29)13-19-7-5-6-17(3)12-19/h5-7,12,16H,8-11,13-15H2,1-4H3,(H,24,28). The summed E-state index contributed by atoms with van der Waals surface area (Å²) in [6.07, 6.45) is 1.69. The van der Waals surface area contributed by atoms with Crippen molar-refractivity contribution in [1.29, 1.82) is 0 Å². The predicted molar refractivity (Wildman–Crippen MR) is 115 cm³/mol. The maximum atomic E-state index is 13.1. The van der Waals surface area contributed by atoms with Gasteiger partial charge in [0, 0.05) is 32.6 Å². The maximum absolute atomic E-state index is 13.1. The highest BCUT2D eigenvalue weighted by atomic mass is 16.2. The smallest absolute Gasteiger partial charge is 0.258 e. The number of fused-ring (bicyclic) bond motifs is 1. The van der Waals surface area contributed by atoms with Crippen LogP contribution in [0, 0.1) is 19.8 Å². The molecule has 6 nitrogen and oxygen atoms in total. The molecule has 0 saturated heterocycles. The second-order valence-electron chi connectivity index (χ2n) is 8.46. The Balaban J connectivity index is 1.73. The lowest BCUT2D eigenvalue weighted by Crippen LogP contribution is -2.41. The second-order valence-corrected chi connectivity index (χ2v) is 8.46. The van der Waals surface area contributed by atoms with Crippen molar-refractivity contribution in [1.82, 2.24) is 19.8 Å². The number of amides is 1. The minimum Gasteiger partial charge on any atom is -0.355 e. The summed E-state index contributed by atoms with van der Waals surface area (Å²) < 4.78 is 1.51. The molecule has 0 bridgehead atoms. The minimum atomic E-state index is -0.134. The number of nitrogens with one attached hydrogen (secondary N) is 1. The first-order valence-corrected chi connectivity index (χ1v) is 10.5. The summed E-state index contributed by atoms with van der Waals surface area (Å²) in [6, 6.07) is 8.46. The van der Waals surface area contributed by atoms with Gasteiger partial charge in [0.2, 0.25) is 5.91 Å². The van der Waals surface area contributed by atoms with Gasteiger partial charge in [0.1, 0.15) is 12.4 Å². The number of hydrogen-bond donors (Lipinski definition) is 1. The lowest BCUT2D eigenvalue weighted by Gasteiger charge is -2.28. The Morgan fingerprint density at radius 1 is 1.28 bits per heavy atom.